The highest BCUT2D eigenvalue weighted by Crippen LogP contribution is 2.40. The van der Waals surface area contributed by atoms with Gasteiger partial charge in [-0.25, -0.2) is 4.79 Å². The summed E-state index contributed by atoms with van der Waals surface area (Å²) in [5.41, 5.74) is 2.09. The van der Waals surface area contributed by atoms with Crippen molar-refractivity contribution in [2.24, 2.45) is 5.92 Å². The Morgan fingerprint density at radius 2 is 2.14 bits per heavy atom. The lowest BCUT2D eigenvalue weighted by atomic mass is 9.88. The molecule has 1 aliphatic carbocycles. The Kier molecular flexibility index (Phi) is 5.79. The first kappa shape index (κ1) is 20.0. The Hall–Kier alpha value is -2.74. The second-order valence-corrected chi connectivity index (χ2v) is 8.09. The molecular formula is C20H22N2O5S. The molecule has 28 heavy (non-hydrogen) atoms. The van der Waals surface area contributed by atoms with E-state index in [1.54, 1.807) is 13.8 Å². The van der Waals surface area contributed by atoms with Gasteiger partial charge in [-0.3, -0.25) is 14.9 Å². The number of benzene rings is 1. The van der Waals surface area contributed by atoms with Crippen LogP contribution in [0.3, 0.4) is 0 Å². The molecule has 0 fully saturated rings. The number of nitrogens with zero attached hydrogens (tertiary/aromatic N) is 1. The van der Waals surface area contributed by atoms with E-state index in [4.69, 9.17) is 4.74 Å². The number of rotatable bonds is 5. The van der Waals surface area contributed by atoms with Crippen LogP contribution in [0, 0.1) is 23.0 Å². The zero-order valence-electron chi connectivity index (χ0n) is 16.0. The Morgan fingerprint density at radius 1 is 1.39 bits per heavy atom. The van der Waals surface area contributed by atoms with Crippen molar-refractivity contribution in [3.05, 3.63) is 55.4 Å². The SMILES string of the molecule is CCOC(=O)c1c(NC(=O)c2ccc([N+](=O)[O-])c(C)c2)sc2c1CC[C@@H](C)C2. The van der Waals surface area contributed by atoms with Gasteiger partial charge < -0.3 is 10.1 Å². The van der Waals surface area contributed by atoms with Crippen molar-refractivity contribution in [1.82, 2.24) is 0 Å². The summed E-state index contributed by atoms with van der Waals surface area (Å²) in [5.74, 6) is -0.304. The quantitative estimate of drug-likeness (QED) is 0.450. The Bertz CT molecular complexity index is 950. The highest BCUT2D eigenvalue weighted by molar-refractivity contribution is 7.17. The molecule has 1 atom stereocenters. The molecule has 1 heterocycles. The number of esters is 1. The van der Waals surface area contributed by atoms with Crippen LogP contribution in [0.5, 0.6) is 0 Å². The summed E-state index contributed by atoms with van der Waals surface area (Å²) in [5, 5.41) is 14.3. The zero-order chi connectivity index (χ0) is 20.4. The minimum Gasteiger partial charge on any atom is -0.462 e. The third-order valence-electron chi connectivity index (χ3n) is 4.87. The largest absolute Gasteiger partial charge is 0.462 e. The number of thiophene rings is 1. The van der Waals surface area contributed by atoms with Crippen LogP contribution < -0.4 is 5.32 Å². The molecule has 0 unspecified atom stereocenters. The second kappa shape index (κ2) is 8.10. The van der Waals surface area contributed by atoms with E-state index in [1.807, 2.05) is 0 Å². The summed E-state index contributed by atoms with van der Waals surface area (Å²) < 4.78 is 5.21. The van der Waals surface area contributed by atoms with E-state index in [-0.39, 0.29) is 12.3 Å². The number of nitro groups is 1. The summed E-state index contributed by atoms with van der Waals surface area (Å²) in [6.45, 7) is 5.76. The molecule has 0 saturated carbocycles. The summed E-state index contributed by atoms with van der Waals surface area (Å²) in [7, 11) is 0. The third kappa shape index (κ3) is 3.91. The van der Waals surface area contributed by atoms with Gasteiger partial charge >= 0.3 is 5.97 Å². The van der Waals surface area contributed by atoms with Gasteiger partial charge in [-0.05, 0) is 56.7 Å². The summed E-state index contributed by atoms with van der Waals surface area (Å²) in [6, 6.07) is 4.21. The van der Waals surface area contributed by atoms with Gasteiger partial charge in [-0.15, -0.1) is 11.3 Å². The first-order valence-corrected chi connectivity index (χ1v) is 10.0. The molecule has 0 bridgehead atoms. The normalized spacial score (nSPS) is 15.6. The van der Waals surface area contributed by atoms with E-state index in [0.717, 1.165) is 29.7 Å². The van der Waals surface area contributed by atoms with Crippen molar-refractivity contribution < 1.29 is 19.2 Å². The number of hydrogen-bond acceptors (Lipinski definition) is 6. The number of carbonyl (C=O) groups is 2. The van der Waals surface area contributed by atoms with Gasteiger partial charge in [0.05, 0.1) is 17.1 Å². The van der Waals surface area contributed by atoms with Gasteiger partial charge in [0, 0.05) is 22.1 Å². The maximum absolute atomic E-state index is 12.7. The van der Waals surface area contributed by atoms with E-state index >= 15 is 0 Å². The van der Waals surface area contributed by atoms with Crippen LogP contribution in [-0.4, -0.2) is 23.4 Å². The Morgan fingerprint density at radius 3 is 2.79 bits per heavy atom. The van der Waals surface area contributed by atoms with Crippen molar-refractivity contribution in [1.29, 1.82) is 0 Å². The van der Waals surface area contributed by atoms with Gasteiger partial charge in [-0.1, -0.05) is 6.92 Å². The Balaban J connectivity index is 1.93. The van der Waals surface area contributed by atoms with Crippen LogP contribution >= 0.6 is 11.3 Å². The fourth-order valence-corrected chi connectivity index (χ4v) is 4.83. The molecule has 1 aromatic heterocycles. The van der Waals surface area contributed by atoms with Crippen molar-refractivity contribution in [3.63, 3.8) is 0 Å². The molecular weight excluding hydrogens is 380 g/mol. The molecule has 0 radical (unpaired) electrons. The topological polar surface area (TPSA) is 98.5 Å². The third-order valence-corrected chi connectivity index (χ3v) is 6.04. The van der Waals surface area contributed by atoms with Gasteiger partial charge in [-0.2, -0.15) is 0 Å². The molecule has 2 aromatic rings. The number of fused-ring (bicyclic) bond motifs is 1. The van der Waals surface area contributed by atoms with E-state index in [9.17, 15) is 19.7 Å². The van der Waals surface area contributed by atoms with Crippen LogP contribution in [0.2, 0.25) is 0 Å². The fraction of sp³-hybridized carbons (Fsp3) is 0.400. The molecule has 1 N–H and O–H groups in total. The van der Waals surface area contributed by atoms with Crippen LogP contribution in [-0.2, 0) is 17.6 Å². The van der Waals surface area contributed by atoms with Gasteiger partial charge in [0.15, 0.2) is 0 Å². The van der Waals surface area contributed by atoms with E-state index < -0.39 is 16.8 Å². The number of ether oxygens (including phenoxy) is 1. The van der Waals surface area contributed by atoms with E-state index in [1.165, 1.54) is 29.5 Å². The van der Waals surface area contributed by atoms with E-state index in [0.29, 0.717) is 27.6 Å². The number of hydrogen-bond donors (Lipinski definition) is 1. The smallest absolute Gasteiger partial charge is 0.341 e. The fourth-order valence-electron chi connectivity index (χ4n) is 3.43. The number of nitro benzene ring substituents is 1. The number of nitrogens with one attached hydrogen (secondary N) is 1. The molecule has 0 aliphatic heterocycles. The lowest BCUT2D eigenvalue weighted by Gasteiger charge is -2.18. The maximum Gasteiger partial charge on any atom is 0.341 e. The lowest BCUT2D eigenvalue weighted by molar-refractivity contribution is -0.385. The monoisotopic (exact) mass is 402 g/mol. The van der Waals surface area contributed by atoms with Crippen molar-refractivity contribution in [2.45, 2.75) is 40.0 Å². The van der Waals surface area contributed by atoms with Gasteiger partial charge in [0.25, 0.3) is 11.6 Å². The summed E-state index contributed by atoms with van der Waals surface area (Å²) >= 11 is 1.41. The molecule has 1 amide bonds. The first-order chi connectivity index (χ1) is 13.3. The molecule has 0 spiro atoms. The average molecular weight is 402 g/mol. The minimum absolute atomic E-state index is 0.0377. The molecule has 8 heteroatoms. The maximum atomic E-state index is 12.7. The summed E-state index contributed by atoms with van der Waals surface area (Å²) in [6.07, 6.45) is 2.65. The number of aryl methyl sites for hydroxylation is 1. The highest BCUT2D eigenvalue weighted by atomic mass is 32.1. The minimum atomic E-state index is -0.482. The van der Waals surface area contributed by atoms with Crippen LogP contribution in [0.4, 0.5) is 10.7 Å². The molecule has 1 aliphatic rings. The second-order valence-electron chi connectivity index (χ2n) is 6.99. The van der Waals surface area contributed by atoms with Crippen molar-refractivity contribution in [3.8, 4) is 0 Å². The molecule has 3 rings (SSSR count). The summed E-state index contributed by atoms with van der Waals surface area (Å²) in [4.78, 5) is 36.9. The number of anilines is 1. The van der Waals surface area contributed by atoms with Crippen molar-refractivity contribution in [2.75, 3.05) is 11.9 Å². The number of carbonyl (C=O) groups excluding carboxylic acids is 2. The number of amides is 1. The lowest BCUT2D eigenvalue weighted by Crippen LogP contribution is -2.16. The molecule has 0 saturated heterocycles. The average Bonchev–Trinajstić information content (AvgIpc) is 2.98. The predicted molar refractivity (Wildman–Crippen MR) is 107 cm³/mol. The van der Waals surface area contributed by atoms with Crippen molar-refractivity contribution >= 4 is 33.9 Å². The van der Waals surface area contributed by atoms with Gasteiger partial charge in [0.1, 0.15) is 5.00 Å². The molecule has 1 aromatic carbocycles. The highest BCUT2D eigenvalue weighted by Gasteiger charge is 2.29. The standard InChI is InChI=1S/C20H22N2O5S/c1-4-27-20(24)17-14-7-5-11(2)9-16(14)28-19(17)21-18(23)13-6-8-15(22(25)26)12(3)10-13/h6,8,10-11H,4-5,7,9H2,1-3H3,(H,21,23)/t11-/m1/s1. The zero-order valence-corrected chi connectivity index (χ0v) is 16.9. The van der Waals surface area contributed by atoms with Crippen LogP contribution in [0.1, 0.15) is 57.0 Å². The van der Waals surface area contributed by atoms with Crippen LogP contribution in [0.25, 0.3) is 0 Å². The van der Waals surface area contributed by atoms with E-state index in [2.05, 4.69) is 12.2 Å². The predicted octanol–water partition coefficient (Wildman–Crippen LogP) is 4.52. The first-order valence-electron chi connectivity index (χ1n) is 9.19. The van der Waals surface area contributed by atoms with Gasteiger partial charge in [0.2, 0.25) is 0 Å². The van der Waals surface area contributed by atoms with Crippen LogP contribution in [0.15, 0.2) is 18.2 Å². The Labute approximate surface area is 166 Å². The molecule has 148 valence electrons. The molecule has 7 nitrogen and oxygen atoms in total.